The Balaban J connectivity index is 1.60. The number of carboxylic acid groups (broad SMARTS) is 1. The molecular formula is C25H23BrN2O4S. The molecule has 170 valence electrons. The molecule has 8 heteroatoms. The second-order valence-electron chi connectivity index (χ2n) is 7.84. The summed E-state index contributed by atoms with van der Waals surface area (Å²) >= 11 is 4.99. The van der Waals surface area contributed by atoms with Crippen molar-refractivity contribution < 1.29 is 19.4 Å². The standard InChI is InChI=1S/C25H23BrN2O4S/c1-15-6-9-17(10-7-15)28-24(31)23-18-4-2-3-5-21(18)33-25(23)27-13-16-8-11-20(19(26)12-16)32-14-22(29)30/h6-13H,2-5,14H2,1H3,(H,28,31)(H,29,30)/b27-13+. The summed E-state index contributed by atoms with van der Waals surface area (Å²) in [5, 5.41) is 12.5. The first kappa shape index (κ1) is 23.2. The van der Waals surface area contributed by atoms with Gasteiger partial charge in [-0.2, -0.15) is 0 Å². The summed E-state index contributed by atoms with van der Waals surface area (Å²) in [6, 6.07) is 13.0. The van der Waals surface area contributed by atoms with Crippen LogP contribution in [0.25, 0.3) is 0 Å². The van der Waals surface area contributed by atoms with Gasteiger partial charge in [-0.1, -0.05) is 17.7 Å². The number of nitrogens with zero attached hydrogens (tertiary/aromatic N) is 1. The minimum absolute atomic E-state index is 0.135. The number of nitrogens with one attached hydrogen (secondary N) is 1. The normalized spacial score (nSPS) is 13.0. The number of carbonyl (C=O) groups excluding carboxylic acids is 1. The van der Waals surface area contributed by atoms with E-state index in [1.807, 2.05) is 31.2 Å². The van der Waals surface area contributed by atoms with E-state index >= 15 is 0 Å². The van der Waals surface area contributed by atoms with Crippen LogP contribution in [0.15, 0.2) is 51.9 Å². The first-order valence-corrected chi connectivity index (χ1v) is 12.2. The maximum Gasteiger partial charge on any atom is 0.341 e. The molecule has 0 spiro atoms. The third kappa shape index (κ3) is 5.69. The second kappa shape index (κ2) is 10.3. The Morgan fingerprint density at radius 2 is 1.94 bits per heavy atom. The van der Waals surface area contributed by atoms with Crippen LogP contribution in [0.1, 0.15) is 44.8 Å². The molecular weight excluding hydrogens is 504 g/mol. The fourth-order valence-electron chi connectivity index (χ4n) is 3.69. The Morgan fingerprint density at radius 1 is 1.18 bits per heavy atom. The Bertz CT molecular complexity index is 1220. The number of aliphatic carboxylic acids is 1. The van der Waals surface area contributed by atoms with Gasteiger partial charge in [0.2, 0.25) is 0 Å². The molecule has 6 nitrogen and oxygen atoms in total. The van der Waals surface area contributed by atoms with Crippen molar-refractivity contribution in [1.82, 2.24) is 0 Å². The lowest BCUT2D eigenvalue weighted by Gasteiger charge is -2.13. The van der Waals surface area contributed by atoms with Crippen molar-refractivity contribution >= 4 is 56.0 Å². The quantitative estimate of drug-likeness (QED) is 0.360. The molecule has 0 saturated heterocycles. The van der Waals surface area contributed by atoms with Gasteiger partial charge in [0.05, 0.1) is 10.0 Å². The number of fused-ring (bicyclic) bond motifs is 1. The predicted octanol–water partition coefficient (Wildman–Crippen LogP) is 6.16. The molecule has 0 atom stereocenters. The molecule has 2 N–H and O–H groups in total. The van der Waals surface area contributed by atoms with E-state index in [1.165, 1.54) is 4.88 Å². The minimum atomic E-state index is -1.04. The smallest absolute Gasteiger partial charge is 0.341 e. The highest BCUT2D eigenvalue weighted by Gasteiger charge is 2.25. The number of thiophene rings is 1. The summed E-state index contributed by atoms with van der Waals surface area (Å²) in [5.41, 5.74) is 4.48. The molecule has 0 unspecified atom stereocenters. The minimum Gasteiger partial charge on any atom is -0.481 e. The highest BCUT2D eigenvalue weighted by atomic mass is 79.9. The summed E-state index contributed by atoms with van der Waals surface area (Å²) in [6.45, 7) is 1.60. The van der Waals surface area contributed by atoms with Crippen molar-refractivity contribution in [2.75, 3.05) is 11.9 Å². The molecule has 1 aliphatic rings. The van der Waals surface area contributed by atoms with Gasteiger partial charge in [-0.15, -0.1) is 11.3 Å². The number of carbonyl (C=O) groups is 2. The number of ether oxygens (including phenoxy) is 1. The topological polar surface area (TPSA) is 88.0 Å². The van der Waals surface area contributed by atoms with Crippen LogP contribution >= 0.6 is 27.3 Å². The average Bonchev–Trinajstić information content (AvgIpc) is 3.17. The second-order valence-corrected chi connectivity index (χ2v) is 9.78. The van der Waals surface area contributed by atoms with Gasteiger partial charge in [0.15, 0.2) is 6.61 Å². The van der Waals surface area contributed by atoms with Crippen molar-refractivity contribution in [2.45, 2.75) is 32.6 Å². The Kier molecular flexibility index (Phi) is 7.25. The molecule has 4 rings (SSSR count). The third-order valence-corrected chi connectivity index (χ3v) is 7.15. The van der Waals surface area contributed by atoms with Gasteiger partial charge < -0.3 is 15.2 Å². The van der Waals surface area contributed by atoms with Gasteiger partial charge in [-0.05, 0) is 90.0 Å². The van der Waals surface area contributed by atoms with E-state index in [4.69, 9.17) is 9.84 Å². The maximum absolute atomic E-state index is 13.2. The van der Waals surface area contributed by atoms with Crippen LogP contribution in [0.4, 0.5) is 10.7 Å². The number of hydrogen-bond donors (Lipinski definition) is 2. The lowest BCUT2D eigenvalue weighted by molar-refractivity contribution is -0.139. The molecule has 3 aromatic rings. The van der Waals surface area contributed by atoms with Crippen molar-refractivity contribution in [2.24, 2.45) is 4.99 Å². The SMILES string of the molecule is Cc1ccc(NC(=O)c2c(/N=C/c3ccc(OCC(=O)O)c(Br)c3)sc3c2CCCC3)cc1. The number of carboxylic acids is 1. The molecule has 0 saturated carbocycles. The van der Waals surface area contributed by atoms with Gasteiger partial charge in [0.25, 0.3) is 5.91 Å². The molecule has 33 heavy (non-hydrogen) atoms. The summed E-state index contributed by atoms with van der Waals surface area (Å²) in [4.78, 5) is 29.9. The van der Waals surface area contributed by atoms with E-state index in [0.29, 0.717) is 20.8 Å². The Labute approximate surface area is 204 Å². The molecule has 1 aromatic heterocycles. The van der Waals surface area contributed by atoms with Gasteiger partial charge in [0.1, 0.15) is 10.8 Å². The van der Waals surface area contributed by atoms with Crippen molar-refractivity contribution in [3.63, 3.8) is 0 Å². The number of aliphatic imine (C=N–C) groups is 1. The fraction of sp³-hybridized carbons (Fsp3) is 0.240. The van der Waals surface area contributed by atoms with Crippen LogP contribution in [0.5, 0.6) is 5.75 Å². The first-order chi connectivity index (χ1) is 15.9. The molecule has 1 heterocycles. The largest absolute Gasteiger partial charge is 0.481 e. The third-order valence-electron chi connectivity index (χ3n) is 5.33. The average molecular weight is 527 g/mol. The molecule has 2 aromatic carbocycles. The number of rotatable bonds is 7. The molecule has 0 aliphatic heterocycles. The van der Waals surface area contributed by atoms with Crippen LogP contribution in [0.3, 0.4) is 0 Å². The van der Waals surface area contributed by atoms with E-state index in [9.17, 15) is 9.59 Å². The zero-order valence-electron chi connectivity index (χ0n) is 18.1. The van der Waals surface area contributed by atoms with Crippen LogP contribution in [0.2, 0.25) is 0 Å². The summed E-state index contributed by atoms with van der Waals surface area (Å²) in [5.74, 6) is -0.728. The summed E-state index contributed by atoms with van der Waals surface area (Å²) < 4.78 is 5.88. The van der Waals surface area contributed by atoms with Gasteiger partial charge in [0, 0.05) is 16.8 Å². The lowest BCUT2D eigenvalue weighted by atomic mass is 9.95. The van der Waals surface area contributed by atoms with Gasteiger partial charge in [-0.3, -0.25) is 4.79 Å². The summed E-state index contributed by atoms with van der Waals surface area (Å²) in [7, 11) is 0. The van der Waals surface area contributed by atoms with Crippen LogP contribution in [-0.2, 0) is 17.6 Å². The summed E-state index contributed by atoms with van der Waals surface area (Å²) in [6.07, 6.45) is 5.77. The number of amides is 1. The van der Waals surface area contributed by atoms with Crippen molar-refractivity contribution in [3.05, 3.63) is 74.1 Å². The highest BCUT2D eigenvalue weighted by Crippen LogP contribution is 2.40. The monoisotopic (exact) mass is 526 g/mol. The Hall–Kier alpha value is -2.97. The van der Waals surface area contributed by atoms with Crippen molar-refractivity contribution in [3.8, 4) is 5.75 Å². The predicted molar refractivity (Wildman–Crippen MR) is 135 cm³/mol. The van der Waals surface area contributed by atoms with E-state index < -0.39 is 12.6 Å². The van der Waals surface area contributed by atoms with E-state index in [2.05, 4.69) is 26.2 Å². The zero-order valence-corrected chi connectivity index (χ0v) is 20.5. The maximum atomic E-state index is 13.2. The number of benzene rings is 2. The van der Waals surface area contributed by atoms with E-state index in [-0.39, 0.29) is 5.91 Å². The van der Waals surface area contributed by atoms with E-state index in [0.717, 1.165) is 48.1 Å². The Morgan fingerprint density at radius 3 is 2.67 bits per heavy atom. The molecule has 1 aliphatic carbocycles. The number of hydrogen-bond acceptors (Lipinski definition) is 5. The van der Waals surface area contributed by atoms with Crippen molar-refractivity contribution in [1.29, 1.82) is 0 Å². The number of halogens is 1. The molecule has 1 amide bonds. The van der Waals surface area contributed by atoms with Crippen LogP contribution in [-0.4, -0.2) is 29.8 Å². The van der Waals surface area contributed by atoms with Gasteiger partial charge >= 0.3 is 5.97 Å². The molecule has 0 fully saturated rings. The van der Waals surface area contributed by atoms with Crippen LogP contribution < -0.4 is 10.1 Å². The lowest BCUT2D eigenvalue weighted by Crippen LogP contribution is -2.14. The fourth-order valence-corrected chi connectivity index (χ4v) is 5.44. The molecule has 0 bridgehead atoms. The number of anilines is 1. The highest BCUT2D eigenvalue weighted by molar-refractivity contribution is 9.10. The van der Waals surface area contributed by atoms with Crippen LogP contribution in [0, 0.1) is 6.92 Å². The first-order valence-electron chi connectivity index (χ1n) is 10.6. The van der Waals surface area contributed by atoms with Gasteiger partial charge in [-0.25, -0.2) is 9.79 Å². The number of aryl methyl sites for hydroxylation is 2. The zero-order chi connectivity index (χ0) is 23.4. The molecule has 0 radical (unpaired) electrons. The van der Waals surface area contributed by atoms with E-state index in [1.54, 1.807) is 35.8 Å².